The molecule has 22 heavy (non-hydrogen) atoms. The Kier molecular flexibility index (Phi) is 4.61. The van der Waals surface area contributed by atoms with E-state index in [1.807, 2.05) is 6.07 Å². The third-order valence-electron chi connectivity index (χ3n) is 4.77. The Labute approximate surface area is 137 Å². The molecule has 0 saturated heterocycles. The molecule has 2 N–H and O–H groups in total. The number of hydrogen-bond donors (Lipinski definition) is 2. The minimum absolute atomic E-state index is 0.104. The lowest BCUT2D eigenvalue weighted by Crippen LogP contribution is -2.23. The molecule has 1 aromatic rings. The molecule has 3 nitrogen and oxygen atoms in total. The molecule has 2 aliphatic carbocycles. The van der Waals surface area contributed by atoms with Crippen molar-refractivity contribution in [2.45, 2.75) is 51.6 Å². The van der Waals surface area contributed by atoms with E-state index in [1.165, 1.54) is 12.8 Å². The number of halogens is 1. The maximum absolute atomic E-state index is 9.58. The van der Waals surface area contributed by atoms with Gasteiger partial charge in [-0.3, -0.25) is 0 Å². The van der Waals surface area contributed by atoms with Crippen molar-refractivity contribution in [2.75, 3.05) is 11.9 Å². The van der Waals surface area contributed by atoms with Crippen LogP contribution < -0.4 is 5.32 Å². The molecule has 1 aromatic heterocycles. The fourth-order valence-electron chi connectivity index (χ4n) is 2.81. The summed E-state index contributed by atoms with van der Waals surface area (Å²) in [7, 11) is 0. The first-order chi connectivity index (χ1) is 10.5. The summed E-state index contributed by atoms with van der Waals surface area (Å²) in [4.78, 5) is 4.16. The Balaban J connectivity index is 1.66. The molecule has 4 heteroatoms. The van der Waals surface area contributed by atoms with Gasteiger partial charge in [0.05, 0.1) is 17.4 Å². The van der Waals surface area contributed by atoms with Crippen LogP contribution in [0.1, 0.15) is 51.0 Å². The average Bonchev–Trinajstić information content (AvgIpc) is 3.24. The van der Waals surface area contributed by atoms with Gasteiger partial charge in [0, 0.05) is 18.2 Å². The zero-order valence-electron chi connectivity index (χ0n) is 13.0. The van der Waals surface area contributed by atoms with Crippen LogP contribution in [0.5, 0.6) is 0 Å². The molecule has 0 radical (unpaired) electrons. The van der Waals surface area contributed by atoms with Crippen LogP contribution in [0.3, 0.4) is 0 Å². The molecule has 0 amide bonds. The van der Waals surface area contributed by atoms with Gasteiger partial charge < -0.3 is 10.4 Å². The van der Waals surface area contributed by atoms with Crippen LogP contribution >= 0.6 is 11.6 Å². The summed E-state index contributed by atoms with van der Waals surface area (Å²) < 4.78 is 0. The summed E-state index contributed by atoms with van der Waals surface area (Å²) >= 11 is 6.03. The van der Waals surface area contributed by atoms with Gasteiger partial charge in [0.15, 0.2) is 0 Å². The largest absolute Gasteiger partial charge is 0.393 e. The number of anilines is 1. The van der Waals surface area contributed by atoms with Crippen molar-refractivity contribution in [3.8, 4) is 11.8 Å². The number of hydrogen-bond acceptors (Lipinski definition) is 3. The summed E-state index contributed by atoms with van der Waals surface area (Å²) in [6.45, 7) is 3.10. The van der Waals surface area contributed by atoms with Crippen LogP contribution in [0, 0.1) is 23.2 Å². The number of aromatic nitrogens is 1. The van der Waals surface area contributed by atoms with Gasteiger partial charge in [-0.15, -0.1) is 0 Å². The summed E-state index contributed by atoms with van der Waals surface area (Å²) in [6.07, 6.45) is 8.00. The minimum atomic E-state index is -0.104. The van der Waals surface area contributed by atoms with Gasteiger partial charge in [-0.05, 0) is 57.4 Å². The average molecular weight is 319 g/mol. The van der Waals surface area contributed by atoms with Crippen molar-refractivity contribution in [1.29, 1.82) is 0 Å². The van der Waals surface area contributed by atoms with E-state index in [-0.39, 0.29) is 11.5 Å². The molecule has 1 heterocycles. The second-order valence-corrected chi connectivity index (χ2v) is 7.31. The molecule has 0 spiro atoms. The second-order valence-electron chi connectivity index (χ2n) is 6.92. The van der Waals surface area contributed by atoms with E-state index in [0.717, 1.165) is 43.5 Å². The highest BCUT2D eigenvalue weighted by Gasteiger charge is 2.35. The maximum Gasteiger partial charge on any atom is 0.131 e. The first-order valence-corrected chi connectivity index (χ1v) is 8.52. The van der Waals surface area contributed by atoms with Crippen LogP contribution in [0.15, 0.2) is 12.3 Å². The van der Waals surface area contributed by atoms with Gasteiger partial charge in [0.25, 0.3) is 0 Å². The van der Waals surface area contributed by atoms with Gasteiger partial charge in [0.2, 0.25) is 0 Å². The molecule has 118 valence electrons. The summed E-state index contributed by atoms with van der Waals surface area (Å²) in [6, 6.07) is 1.86. The number of pyridine rings is 1. The Morgan fingerprint density at radius 2 is 2.09 bits per heavy atom. The Morgan fingerprint density at radius 3 is 2.77 bits per heavy atom. The minimum Gasteiger partial charge on any atom is -0.393 e. The Bertz CT molecular complexity index is 593. The lowest BCUT2D eigenvalue weighted by molar-refractivity contribution is 0.111. The lowest BCUT2D eigenvalue weighted by Gasteiger charge is -2.26. The predicted molar refractivity (Wildman–Crippen MR) is 89.9 cm³/mol. The highest BCUT2D eigenvalue weighted by molar-refractivity contribution is 6.29. The molecule has 2 saturated carbocycles. The number of rotatable bonds is 3. The van der Waals surface area contributed by atoms with Crippen molar-refractivity contribution in [2.24, 2.45) is 11.3 Å². The van der Waals surface area contributed by atoms with Gasteiger partial charge in [-0.2, -0.15) is 0 Å². The van der Waals surface area contributed by atoms with Crippen molar-refractivity contribution in [1.82, 2.24) is 4.98 Å². The number of nitrogens with one attached hydrogen (secondary N) is 1. The van der Waals surface area contributed by atoms with E-state index in [0.29, 0.717) is 11.1 Å². The molecule has 0 atom stereocenters. The molecule has 0 bridgehead atoms. The molecule has 0 aromatic carbocycles. The smallest absolute Gasteiger partial charge is 0.131 e. The van der Waals surface area contributed by atoms with E-state index in [2.05, 4.69) is 29.1 Å². The van der Waals surface area contributed by atoms with Crippen molar-refractivity contribution >= 4 is 17.3 Å². The van der Waals surface area contributed by atoms with Crippen LogP contribution in [0.2, 0.25) is 5.15 Å². The van der Waals surface area contributed by atoms with Crippen LogP contribution in [-0.4, -0.2) is 22.7 Å². The standard InChI is InChI=1S/C18H23ClN2O/c1-18(8-9-18)7-6-14-12-21-17(19)10-16(14)20-11-13-2-4-15(22)5-3-13/h10,12-13,15,22H,2-5,8-9,11H2,1H3,(H,20,21). The fourth-order valence-corrected chi connectivity index (χ4v) is 2.97. The zero-order chi connectivity index (χ0) is 15.6. The topological polar surface area (TPSA) is 45.2 Å². The quantitative estimate of drug-likeness (QED) is 0.657. The maximum atomic E-state index is 9.58. The third-order valence-corrected chi connectivity index (χ3v) is 4.97. The van der Waals surface area contributed by atoms with Crippen molar-refractivity contribution in [3.63, 3.8) is 0 Å². The van der Waals surface area contributed by atoms with Crippen molar-refractivity contribution < 1.29 is 5.11 Å². The fraction of sp³-hybridized carbons (Fsp3) is 0.611. The Morgan fingerprint density at radius 1 is 1.36 bits per heavy atom. The lowest BCUT2D eigenvalue weighted by atomic mass is 9.87. The first-order valence-electron chi connectivity index (χ1n) is 8.15. The zero-order valence-corrected chi connectivity index (χ0v) is 13.8. The van der Waals surface area contributed by atoms with Gasteiger partial charge in [0.1, 0.15) is 5.15 Å². The molecule has 2 aliphatic rings. The van der Waals surface area contributed by atoms with E-state index in [9.17, 15) is 5.11 Å². The first kappa shape index (κ1) is 15.6. The third kappa shape index (κ3) is 4.15. The van der Waals surface area contributed by atoms with E-state index >= 15 is 0 Å². The monoisotopic (exact) mass is 318 g/mol. The van der Waals surface area contributed by atoms with Gasteiger partial charge in [-0.25, -0.2) is 4.98 Å². The van der Waals surface area contributed by atoms with E-state index in [4.69, 9.17) is 11.6 Å². The molecule has 0 unspecified atom stereocenters. The SMILES string of the molecule is CC1(C#Cc2cnc(Cl)cc2NCC2CCC(O)CC2)CC1. The van der Waals surface area contributed by atoms with E-state index < -0.39 is 0 Å². The normalized spacial score (nSPS) is 26.0. The number of aliphatic hydroxyl groups is 1. The Hall–Kier alpha value is -1.24. The molecule has 2 fully saturated rings. The van der Waals surface area contributed by atoms with Crippen LogP contribution in [0.25, 0.3) is 0 Å². The summed E-state index contributed by atoms with van der Waals surface area (Å²) in [5, 5.41) is 13.6. The van der Waals surface area contributed by atoms with Crippen LogP contribution in [-0.2, 0) is 0 Å². The summed E-state index contributed by atoms with van der Waals surface area (Å²) in [5.41, 5.74) is 2.10. The van der Waals surface area contributed by atoms with E-state index in [1.54, 1.807) is 6.20 Å². The second kappa shape index (κ2) is 6.48. The highest BCUT2D eigenvalue weighted by Crippen LogP contribution is 2.44. The molecule has 0 aliphatic heterocycles. The van der Waals surface area contributed by atoms with Crippen LogP contribution in [0.4, 0.5) is 5.69 Å². The highest BCUT2D eigenvalue weighted by atomic mass is 35.5. The number of aliphatic hydroxyl groups excluding tert-OH is 1. The van der Waals surface area contributed by atoms with Gasteiger partial charge in [-0.1, -0.05) is 23.4 Å². The number of nitrogens with zero attached hydrogens (tertiary/aromatic N) is 1. The molecular formula is C18H23ClN2O. The van der Waals surface area contributed by atoms with Gasteiger partial charge >= 0.3 is 0 Å². The summed E-state index contributed by atoms with van der Waals surface area (Å²) in [5.74, 6) is 7.22. The molecule has 3 rings (SSSR count). The predicted octanol–water partition coefficient (Wildman–Crippen LogP) is 3.85. The van der Waals surface area contributed by atoms with Crippen molar-refractivity contribution in [3.05, 3.63) is 23.0 Å². The molecular weight excluding hydrogens is 296 g/mol.